The Hall–Kier alpha value is -1.20. The number of hydrogen-bond donors (Lipinski definition) is 3. The monoisotopic (exact) mass is 244 g/mol. The van der Waals surface area contributed by atoms with Crippen LogP contribution < -0.4 is 11.1 Å². The fourth-order valence-electron chi connectivity index (χ4n) is 0.950. The molecule has 80 valence electrons. The first-order chi connectivity index (χ1) is 7.00. The van der Waals surface area contributed by atoms with Crippen LogP contribution in [0.15, 0.2) is 23.1 Å². The van der Waals surface area contributed by atoms with Crippen molar-refractivity contribution in [2.24, 2.45) is 5.73 Å². The maximum Gasteiger partial charge on any atom is 0.253 e. The normalized spacial score (nSPS) is 9.73. The third-order valence-corrected chi connectivity index (χ3v) is 2.23. The zero-order valence-corrected chi connectivity index (χ0v) is 9.31. The Morgan fingerprint density at radius 3 is 2.73 bits per heavy atom. The second-order valence-electron chi connectivity index (χ2n) is 2.81. The molecule has 0 unspecified atom stereocenters. The van der Waals surface area contributed by atoms with Gasteiger partial charge in [0, 0.05) is 4.90 Å². The van der Waals surface area contributed by atoms with Crippen LogP contribution in [0.4, 0.5) is 0 Å². The standard InChI is InChI=1S/C9H9ClN2O2S/c10-7-2-1-5(15)3-6(7)9(14)12-4-8(11)13/h1-3,15H,4H2,(H2,11,13)(H,12,14). The molecule has 1 rings (SSSR count). The molecular weight excluding hydrogens is 236 g/mol. The van der Waals surface area contributed by atoms with Crippen molar-refractivity contribution in [3.63, 3.8) is 0 Å². The molecular formula is C9H9ClN2O2S. The first-order valence-corrected chi connectivity index (χ1v) is 4.88. The van der Waals surface area contributed by atoms with Gasteiger partial charge in [0.1, 0.15) is 0 Å². The van der Waals surface area contributed by atoms with Crippen LogP contribution in [0, 0.1) is 0 Å². The lowest BCUT2D eigenvalue weighted by molar-refractivity contribution is -0.117. The van der Waals surface area contributed by atoms with Gasteiger partial charge in [-0.15, -0.1) is 12.6 Å². The Balaban J connectivity index is 2.81. The van der Waals surface area contributed by atoms with E-state index in [1.54, 1.807) is 12.1 Å². The Bertz CT molecular complexity index is 409. The number of carbonyl (C=O) groups excluding carboxylic acids is 2. The van der Waals surface area contributed by atoms with Gasteiger partial charge in [0.05, 0.1) is 17.1 Å². The van der Waals surface area contributed by atoms with Gasteiger partial charge in [-0.1, -0.05) is 11.6 Å². The van der Waals surface area contributed by atoms with Gasteiger partial charge in [-0.05, 0) is 18.2 Å². The van der Waals surface area contributed by atoms with Crippen molar-refractivity contribution in [2.45, 2.75) is 4.90 Å². The number of amides is 2. The molecule has 0 aromatic heterocycles. The molecule has 2 amide bonds. The lowest BCUT2D eigenvalue weighted by Crippen LogP contribution is -2.33. The Morgan fingerprint density at radius 1 is 1.47 bits per heavy atom. The third kappa shape index (κ3) is 3.45. The Kier molecular flexibility index (Phi) is 3.99. The Labute approximate surface area is 97.2 Å². The number of halogens is 1. The summed E-state index contributed by atoms with van der Waals surface area (Å²) in [6.45, 7) is -0.216. The summed E-state index contributed by atoms with van der Waals surface area (Å²) in [5, 5.41) is 2.64. The van der Waals surface area contributed by atoms with Gasteiger partial charge in [0.15, 0.2) is 0 Å². The van der Waals surface area contributed by atoms with Crippen molar-refractivity contribution in [2.75, 3.05) is 6.54 Å². The van der Waals surface area contributed by atoms with Crippen LogP contribution in [0.5, 0.6) is 0 Å². The molecule has 1 aromatic carbocycles. The van der Waals surface area contributed by atoms with E-state index in [0.717, 1.165) is 0 Å². The number of carbonyl (C=O) groups is 2. The number of nitrogens with one attached hydrogen (secondary N) is 1. The molecule has 0 aliphatic rings. The van der Waals surface area contributed by atoms with Gasteiger partial charge in [0.25, 0.3) is 5.91 Å². The number of thiol groups is 1. The Morgan fingerprint density at radius 2 is 2.13 bits per heavy atom. The molecule has 6 heteroatoms. The van der Waals surface area contributed by atoms with Crippen LogP contribution in [0.25, 0.3) is 0 Å². The predicted octanol–water partition coefficient (Wildman–Crippen LogP) is 0.844. The summed E-state index contributed by atoms with van der Waals surface area (Å²) in [6, 6.07) is 4.74. The summed E-state index contributed by atoms with van der Waals surface area (Å²) in [7, 11) is 0. The molecule has 0 fully saturated rings. The maximum atomic E-state index is 11.5. The topological polar surface area (TPSA) is 72.2 Å². The minimum atomic E-state index is -0.610. The molecule has 0 aliphatic heterocycles. The van der Waals surface area contributed by atoms with Gasteiger partial charge in [0.2, 0.25) is 5.91 Å². The summed E-state index contributed by atoms with van der Waals surface area (Å²) in [5.74, 6) is -1.06. The van der Waals surface area contributed by atoms with Crippen LogP contribution in [-0.2, 0) is 4.79 Å². The van der Waals surface area contributed by atoms with Crippen molar-refractivity contribution in [1.29, 1.82) is 0 Å². The fourth-order valence-corrected chi connectivity index (χ4v) is 1.36. The van der Waals surface area contributed by atoms with Crippen LogP contribution >= 0.6 is 24.2 Å². The van der Waals surface area contributed by atoms with E-state index < -0.39 is 11.8 Å². The number of primary amides is 1. The molecule has 0 aliphatic carbocycles. The van der Waals surface area contributed by atoms with Crippen molar-refractivity contribution in [1.82, 2.24) is 5.32 Å². The minimum Gasteiger partial charge on any atom is -0.368 e. The second-order valence-corrected chi connectivity index (χ2v) is 3.74. The van der Waals surface area contributed by atoms with Gasteiger partial charge >= 0.3 is 0 Å². The van der Waals surface area contributed by atoms with Gasteiger partial charge in [-0.25, -0.2) is 0 Å². The number of nitrogens with two attached hydrogens (primary N) is 1. The minimum absolute atomic E-state index is 0.216. The van der Waals surface area contributed by atoms with E-state index >= 15 is 0 Å². The summed E-state index contributed by atoms with van der Waals surface area (Å²) < 4.78 is 0. The highest BCUT2D eigenvalue weighted by atomic mass is 35.5. The van der Waals surface area contributed by atoms with E-state index in [9.17, 15) is 9.59 Å². The predicted molar refractivity (Wildman–Crippen MR) is 60.2 cm³/mol. The lowest BCUT2D eigenvalue weighted by atomic mass is 10.2. The van der Waals surface area contributed by atoms with E-state index in [1.807, 2.05) is 0 Å². The van der Waals surface area contributed by atoms with E-state index in [1.165, 1.54) is 6.07 Å². The number of benzene rings is 1. The van der Waals surface area contributed by atoms with Crippen molar-refractivity contribution in [3.8, 4) is 0 Å². The number of hydrogen-bond acceptors (Lipinski definition) is 3. The summed E-state index contributed by atoms with van der Waals surface area (Å²) in [5.41, 5.74) is 5.15. The third-order valence-electron chi connectivity index (χ3n) is 1.62. The van der Waals surface area contributed by atoms with Crippen molar-refractivity contribution >= 4 is 36.0 Å². The average Bonchev–Trinajstić information content (AvgIpc) is 2.18. The van der Waals surface area contributed by atoms with Crippen LogP contribution in [0.3, 0.4) is 0 Å². The quantitative estimate of drug-likeness (QED) is 0.690. The maximum absolute atomic E-state index is 11.5. The van der Waals surface area contributed by atoms with Gasteiger partial charge in [-0.3, -0.25) is 9.59 Å². The highest BCUT2D eigenvalue weighted by Crippen LogP contribution is 2.19. The molecule has 4 nitrogen and oxygen atoms in total. The molecule has 15 heavy (non-hydrogen) atoms. The van der Waals surface area contributed by atoms with E-state index in [2.05, 4.69) is 17.9 Å². The van der Waals surface area contributed by atoms with Crippen LogP contribution in [-0.4, -0.2) is 18.4 Å². The molecule has 1 aromatic rings. The average molecular weight is 245 g/mol. The highest BCUT2D eigenvalue weighted by molar-refractivity contribution is 7.80. The molecule has 0 radical (unpaired) electrons. The van der Waals surface area contributed by atoms with Crippen LogP contribution in [0.2, 0.25) is 5.02 Å². The van der Waals surface area contributed by atoms with Gasteiger partial charge in [-0.2, -0.15) is 0 Å². The second kappa shape index (κ2) is 5.04. The van der Waals surface area contributed by atoms with E-state index in [4.69, 9.17) is 17.3 Å². The zero-order chi connectivity index (χ0) is 11.4. The molecule has 0 saturated heterocycles. The molecule has 0 saturated carbocycles. The highest BCUT2D eigenvalue weighted by Gasteiger charge is 2.10. The number of rotatable bonds is 3. The van der Waals surface area contributed by atoms with Gasteiger partial charge < -0.3 is 11.1 Å². The molecule has 0 spiro atoms. The van der Waals surface area contributed by atoms with Crippen LogP contribution in [0.1, 0.15) is 10.4 Å². The molecule has 0 heterocycles. The zero-order valence-electron chi connectivity index (χ0n) is 7.66. The summed E-state index contributed by atoms with van der Waals surface area (Å²) >= 11 is 9.87. The van der Waals surface area contributed by atoms with Crippen molar-refractivity contribution < 1.29 is 9.59 Å². The SMILES string of the molecule is NC(=O)CNC(=O)c1cc(S)ccc1Cl. The smallest absolute Gasteiger partial charge is 0.253 e. The lowest BCUT2D eigenvalue weighted by Gasteiger charge is -2.05. The molecule has 3 N–H and O–H groups in total. The first-order valence-electron chi connectivity index (χ1n) is 4.05. The summed E-state index contributed by atoms with van der Waals surface area (Å²) in [4.78, 5) is 22.5. The molecule has 0 atom stereocenters. The largest absolute Gasteiger partial charge is 0.368 e. The molecule has 0 bridgehead atoms. The van der Waals surface area contributed by atoms with E-state index in [0.29, 0.717) is 9.92 Å². The van der Waals surface area contributed by atoms with E-state index in [-0.39, 0.29) is 12.1 Å². The summed E-state index contributed by atoms with van der Waals surface area (Å²) in [6.07, 6.45) is 0. The first kappa shape index (κ1) is 11.9. The fraction of sp³-hybridized carbons (Fsp3) is 0.111. The van der Waals surface area contributed by atoms with Crippen molar-refractivity contribution in [3.05, 3.63) is 28.8 Å².